The van der Waals surface area contributed by atoms with E-state index in [4.69, 9.17) is 0 Å². The van der Waals surface area contributed by atoms with Gasteiger partial charge in [0.1, 0.15) is 28.7 Å². The fourth-order valence-electron chi connectivity index (χ4n) is 4.64. The highest BCUT2D eigenvalue weighted by atomic mass is 35.5. The van der Waals surface area contributed by atoms with Crippen molar-refractivity contribution in [3.63, 3.8) is 0 Å². The summed E-state index contributed by atoms with van der Waals surface area (Å²) in [6, 6.07) is 3.23. The zero-order chi connectivity index (χ0) is 23.6. The van der Waals surface area contributed by atoms with Crippen molar-refractivity contribution in [2.24, 2.45) is 0 Å². The van der Waals surface area contributed by atoms with E-state index in [0.717, 1.165) is 40.1 Å². The second-order valence-corrected chi connectivity index (χ2v) is 8.30. The standard InChI is InChI=1S/C23H17F4N3O3.ClH/c1-28-6-11-8-29(9-12(11)7-28)21-17(26)5-14-20(19(21)27)30(10-15(22(14)31)23(32)33)18-3-2-13(24)4-16(18)25;/h2-5,10H,6-9H2,1H3,(H,32,33);1H. The van der Waals surface area contributed by atoms with Crippen LogP contribution in [0, 0.1) is 23.3 Å². The summed E-state index contributed by atoms with van der Waals surface area (Å²) in [6.45, 7) is 1.94. The van der Waals surface area contributed by atoms with Crippen molar-refractivity contribution in [3.8, 4) is 5.69 Å². The zero-order valence-corrected chi connectivity index (χ0v) is 18.6. The van der Waals surface area contributed by atoms with Crippen LogP contribution in [-0.2, 0) is 0 Å². The molecular formula is C23H18ClF4N3O3. The first-order valence-electron chi connectivity index (χ1n) is 10.0. The molecular weight excluding hydrogens is 478 g/mol. The van der Waals surface area contributed by atoms with Crippen LogP contribution in [0.1, 0.15) is 10.4 Å². The minimum absolute atomic E-state index is 0. The Kier molecular flexibility index (Phi) is 5.91. The number of carbonyl (C=O) groups is 1. The summed E-state index contributed by atoms with van der Waals surface area (Å²) >= 11 is 0. The third-order valence-electron chi connectivity index (χ3n) is 6.06. The average molecular weight is 496 g/mol. The number of likely N-dealkylation sites (N-methyl/N-ethyl adjacent to an activating group) is 1. The molecule has 0 aliphatic carbocycles. The highest BCUT2D eigenvalue weighted by molar-refractivity contribution is 5.94. The van der Waals surface area contributed by atoms with E-state index in [0.29, 0.717) is 32.2 Å². The maximum Gasteiger partial charge on any atom is 0.341 e. The summed E-state index contributed by atoms with van der Waals surface area (Å²) in [5, 5.41) is 8.86. The molecule has 2 aromatic carbocycles. The molecule has 6 nitrogen and oxygen atoms in total. The van der Waals surface area contributed by atoms with E-state index in [1.54, 1.807) is 0 Å². The lowest BCUT2D eigenvalue weighted by molar-refractivity contribution is 0.0695. The smallest absolute Gasteiger partial charge is 0.341 e. The van der Waals surface area contributed by atoms with Crippen LogP contribution in [0.3, 0.4) is 0 Å². The van der Waals surface area contributed by atoms with Crippen molar-refractivity contribution < 1.29 is 27.5 Å². The normalized spacial score (nSPS) is 15.7. The molecule has 0 amide bonds. The van der Waals surface area contributed by atoms with E-state index >= 15 is 8.78 Å². The van der Waals surface area contributed by atoms with E-state index in [2.05, 4.69) is 4.90 Å². The number of pyridine rings is 1. The van der Waals surface area contributed by atoms with E-state index in [1.807, 2.05) is 7.05 Å². The van der Waals surface area contributed by atoms with Crippen molar-refractivity contribution in [1.29, 1.82) is 0 Å². The topological polar surface area (TPSA) is 65.8 Å². The number of carboxylic acid groups (broad SMARTS) is 1. The van der Waals surface area contributed by atoms with Gasteiger partial charge in [0, 0.05) is 38.4 Å². The molecule has 3 heterocycles. The summed E-state index contributed by atoms with van der Waals surface area (Å²) in [7, 11) is 1.94. The molecule has 0 saturated carbocycles. The third kappa shape index (κ3) is 3.63. The molecule has 1 aromatic heterocycles. The van der Waals surface area contributed by atoms with Crippen LogP contribution >= 0.6 is 12.4 Å². The largest absolute Gasteiger partial charge is 0.477 e. The van der Waals surface area contributed by atoms with Gasteiger partial charge in [-0.15, -0.1) is 12.4 Å². The Morgan fingerprint density at radius 1 is 0.971 bits per heavy atom. The molecule has 2 aliphatic rings. The van der Waals surface area contributed by atoms with Crippen LogP contribution in [0.15, 0.2) is 46.4 Å². The molecule has 11 heteroatoms. The van der Waals surface area contributed by atoms with Gasteiger partial charge < -0.3 is 14.6 Å². The summed E-state index contributed by atoms with van der Waals surface area (Å²) in [5.74, 6) is -5.80. The van der Waals surface area contributed by atoms with Crippen molar-refractivity contribution in [2.75, 3.05) is 38.1 Å². The number of carboxylic acids is 1. The maximum atomic E-state index is 15.9. The Hall–Kier alpha value is -3.37. The van der Waals surface area contributed by atoms with E-state index in [9.17, 15) is 23.5 Å². The van der Waals surface area contributed by atoms with E-state index in [1.165, 1.54) is 4.90 Å². The Bertz CT molecular complexity index is 1440. The number of benzene rings is 2. The van der Waals surface area contributed by atoms with Crippen LogP contribution < -0.4 is 10.3 Å². The third-order valence-corrected chi connectivity index (χ3v) is 6.06. The molecule has 2 aliphatic heterocycles. The highest BCUT2D eigenvalue weighted by Crippen LogP contribution is 2.36. The Morgan fingerprint density at radius 3 is 2.21 bits per heavy atom. The average Bonchev–Trinajstić information content (AvgIpc) is 3.26. The van der Waals surface area contributed by atoms with E-state index in [-0.39, 0.29) is 18.1 Å². The fourth-order valence-corrected chi connectivity index (χ4v) is 4.64. The predicted octanol–water partition coefficient (Wildman–Crippen LogP) is 3.73. The van der Waals surface area contributed by atoms with Crippen LogP contribution in [0.5, 0.6) is 0 Å². The van der Waals surface area contributed by atoms with Crippen molar-refractivity contribution in [1.82, 2.24) is 9.47 Å². The molecule has 0 fully saturated rings. The Morgan fingerprint density at radius 2 is 1.62 bits per heavy atom. The minimum Gasteiger partial charge on any atom is -0.477 e. The first-order valence-corrected chi connectivity index (χ1v) is 10.0. The lowest BCUT2D eigenvalue weighted by atomic mass is 10.1. The maximum absolute atomic E-state index is 15.9. The molecule has 1 N–H and O–H groups in total. The Labute approximate surface area is 196 Å². The van der Waals surface area contributed by atoms with Gasteiger partial charge in [-0.05, 0) is 36.4 Å². The molecule has 34 heavy (non-hydrogen) atoms. The number of fused-ring (bicyclic) bond motifs is 1. The van der Waals surface area contributed by atoms with Gasteiger partial charge in [0.2, 0.25) is 5.43 Å². The lowest BCUT2D eigenvalue weighted by Gasteiger charge is -2.25. The predicted molar refractivity (Wildman–Crippen MR) is 120 cm³/mol. The fraction of sp³-hybridized carbons (Fsp3) is 0.217. The minimum atomic E-state index is -1.65. The molecule has 3 aromatic rings. The number of hydrogen-bond acceptors (Lipinski definition) is 4. The first-order chi connectivity index (χ1) is 15.7. The van der Waals surface area contributed by atoms with E-state index < -0.39 is 56.8 Å². The van der Waals surface area contributed by atoms with Gasteiger partial charge in [-0.2, -0.15) is 0 Å². The summed E-state index contributed by atoms with van der Waals surface area (Å²) in [6.07, 6.45) is 0.769. The number of nitrogens with zero attached hydrogens (tertiary/aromatic N) is 3. The molecule has 0 unspecified atom stereocenters. The summed E-state index contributed by atoms with van der Waals surface area (Å²) in [5.41, 5.74) is -1.07. The van der Waals surface area contributed by atoms with Crippen LogP contribution in [0.2, 0.25) is 0 Å². The second kappa shape index (κ2) is 8.44. The molecule has 178 valence electrons. The quantitative estimate of drug-likeness (QED) is 0.443. The van der Waals surface area contributed by atoms with Gasteiger partial charge in [0.15, 0.2) is 5.82 Å². The van der Waals surface area contributed by atoms with Gasteiger partial charge in [0.25, 0.3) is 0 Å². The van der Waals surface area contributed by atoms with Crippen molar-refractivity contribution in [3.05, 3.63) is 80.7 Å². The van der Waals surface area contributed by atoms with Gasteiger partial charge in [-0.25, -0.2) is 22.4 Å². The number of hydrogen-bond donors (Lipinski definition) is 1. The number of aromatic nitrogens is 1. The molecule has 5 rings (SSSR count). The van der Waals surface area contributed by atoms with Gasteiger partial charge in [-0.3, -0.25) is 9.69 Å². The van der Waals surface area contributed by atoms with Crippen LogP contribution in [-0.4, -0.2) is 53.8 Å². The lowest BCUT2D eigenvalue weighted by Crippen LogP contribution is -2.29. The summed E-state index contributed by atoms with van der Waals surface area (Å²) < 4.78 is 59.9. The van der Waals surface area contributed by atoms with Crippen molar-refractivity contribution in [2.45, 2.75) is 0 Å². The molecule has 0 spiro atoms. The number of anilines is 1. The van der Waals surface area contributed by atoms with Crippen molar-refractivity contribution >= 4 is 35.0 Å². The SMILES string of the molecule is CN1CC2=C(C1)CN(c1c(F)cc3c(=O)c(C(=O)O)cn(-c4ccc(F)cc4F)c3c1F)C2.Cl. The van der Waals surface area contributed by atoms with Gasteiger partial charge >= 0.3 is 5.97 Å². The molecule has 0 atom stereocenters. The molecule has 0 bridgehead atoms. The first kappa shape index (κ1) is 23.8. The van der Waals surface area contributed by atoms with Gasteiger partial charge in [-0.1, -0.05) is 0 Å². The van der Waals surface area contributed by atoms with Crippen LogP contribution in [0.4, 0.5) is 23.2 Å². The molecule has 0 saturated heterocycles. The summed E-state index contributed by atoms with van der Waals surface area (Å²) in [4.78, 5) is 27.9. The monoisotopic (exact) mass is 495 g/mol. The second-order valence-electron chi connectivity index (χ2n) is 8.30. The number of rotatable bonds is 3. The number of aromatic carboxylic acids is 1. The van der Waals surface area contributed by atoms with Gasteiger partial charge in [0.05, 0.1) is 16.6 Å². The number of halogens is 5. The molecule has 0 radical (unpaired) electrons. The highest BCUT2D eigenvalue weighted by Gasteiger charge is 2.33. The Balaban J connectivity index is 0.00000274. The van der Waals surface area contributed by atoms with Crippen LogP contribution in [0.25, 0.3) is 16.6 Å². The zero-order valence-electron chi connectivity index (χ0n) is 17.7.